The van der Waals surface area contributed by atoms with Crippen molar-refractivity contribution in [1.82, 2.24) is 4.57 Å². The van der Waals surface area contributed by atoms with E-state index in [4.69, 9.17) is 0 Å². The Morgan fingerprint density at radius 2 is 2.07 bits per heavy atom. The molecule has 0 atom stereocenters. The number of alkyl halides is 1. The molecule has 0 spiro atoms. The van der Waals surface area contributed by atoms with Gasteiger partial charge in [0.2, 0.25) is 5.91 Å². The summed E-state index contributed by atoms with van der Waals surface area (Å²) in [5.74, 6) is 0.0656. The monoisotopic (exact) mass is 265 g/mol. The molecule has 2 aromatic rings. The molecule has 78 valence electrons. The zero-order chi connectivity index (χ0) is 11.0. The predicted octanol–water partition coefficient (Wildman–Crippen LogP) is 3.50. The first-order chi connectivity index (χ1) is 7.16. The normalized spacial score (nSPS) is 10.9. The molecule has 0 amide bonds. The van der Waals surface area contributed by atoms with E-state index in [2.05, 4.69) is 22.0 Å². The number of carbonyl (C=O) groups excluding carboxylic acids is 1. The lowest BCUT2D eigenvalue weighted by Gasteiger charge is -2.01. The van der Waals surface area contributed by atoms with Gasteiger partial charge in [0.15, 0.2) is 0 Å². The maximum atomic E-state index is 11.6. The van der Waals surface area contributed by atoms with E-state index in [-0.39, 0.29) is 5.91 Å². The van der Waals surface area contributed by atoms with Gasteiger partial charge in [-0.2, -0.15) is 0 Å². The number of halogens is 1. The Morgan fingerprint density at radius 3 is 2.67 bits per heavy atom. The number of benzene rings is 1. The molecule has 3 heteroatoms. The average Bonchev–Trinajstić information content (AvgIpc) is 2.49. The van der Waals surface area contributed by atoms with E-state index in [0.717, 1.165) is 21.9 Å². The third kappa shape index (κ3) is 1.51. The quantitative estimate of drug-likeness (QED) is 0.724. The van der Waals surface area contributed by atoms with Gasteiger partial charge in [0.25, 0.3) is 0 Å². The molecule has 15 heavy (non-hydrogen) atoms. The molecule has 0 aliphatic heterocycles. The molecule has 0 radical (unpaired) electrons. The molecule has 0 saturated carbocycles. The molecular weight excluding hydrogens is 254 g/mol. The Balaban J connectivity index is 2.91. The molecule has 0 aliphatic carbocycles. The predicted molar refractivity (Wildman–Crippen MR) is 65.6 cm³/mol. The molecule has 0 bridgehead atoms. The number of rotatable bonds is 1. The van der Waals surface area contributed by atoms with Crippen LogP contribution in [0.3, 0.4) is 0 Å². The van der Waals surface area contributed by atoms with E-state index in [1.54, 1.807) is 11.5 Å². The van der Waals surface area contributed by atoms with Gasteiger partial charge >= 0.3 is 0 Å². The Labute approximate surface area is 97.0 Å². The average molecular weight is 266 g/mol. The molecule has 1 aromatic carbocycles. The van der Waals surface area contributed by atoms with Gasteiger partial charge < -0.3 is 0 Å². The highest BCUT2D eigenvalue weighted by Gasteiger charge is 2.14. The lowest BCUT2D eigenvalue weighted by Crippen LogP contribution is -2.07. The minimum absolute atomic E-state index is 0.0656. The zero-order valence-corrected chi connectivity index (χ0v) is 10.3. The van der Waals surface area contributed by atoms with Crippen LogP contribution in [0, 0.1) is 6.92 Å². The minimum atomic E-state index is 0.0656. The maximum Gasteiger partial charge on any atom is 0.228 e. The van der Waals surface area contributed by atoms with Crippen LogP contribution >= 0.6 is 15.9 Å². The topological polar surface area (TPSA) is 22.0 Å². The SMILES string of the molecule is CC(=O)n1c(C)c(CBr)c2ccccc21. The second-order valence-corrected chi connectivity index (χ2v) is 4.13. The summed E-state index contributed by atoms with van der Waals surface area (Å²) in [5.41, 5.74) is 3.22. The van der Waals surface area contributed by atoms with Crippen molar-refractivity contribution < 1.29 is 4.79 Å². The van der Waals surface area contributed by atoms with Crippen LogP contribution in [0.25, 0.3) is 10.9 Å². The second-order valence-electron chi connectivity index (χ2n) is 3.57. The van der Waals surface area contributed by atoms with Crippen molar-refractivity contribution in [1.29, 1.82) is 0 Å². The van der Waals surface area contributed by atoms with Gasteiger partial charge in [-0.25, -0.2) is 0 Å². The largest absolute Gasteiger partial charge is 0.284 e. The fraction of sp³-hybridized carbons (Fsp3) is 0.250. The summed E-state index contributed by atoms with van der Waals surface area (Å²) in [6, 6.07) is 7.99. The van der Waals surface area contributed by atoms with Gasteiger partial charge in [-0.1, -0.05) is 34.1 Å². The molecule has 1 heterocycles. The zero-order valence-electron chi connectivity index (χ0n) is 8.75. The van der Waals surface area contributed by atoms with Crippen LogP contribution in [-0.2, 0) is 5.33 Å². The Morgan fingerprint density at radius 1 is 1.40 bits per heavy atom. The minimum Gasteiger partial charge on any atom is -0.284 e. The number of fused-ring (bicyclic) bond motifs is 1. The van der Waals surface area contributed by atoms with E-state index in [9.17, 15) is 4.79 Å². The fourth-order valence-electron chi connectivity index (χ4n) is 2.01. The molecule has 0 unspecified atom stereocenters. The summed E-state index contributed by atoms with van der Waals surface area (Å²) < 4.78 is 1.77. The molecule has 2 rings (SSSR count). The van der Waals surface area contributed by atoms with Crippen LogP contribution in [-0.4, -0.2) is 10.5 Å². The summed E-state index contributed by atoms with van der Waals surface area (Å²) in [6.07, 6.45) is 0. The summed E-state index contributed by atoms with van der Waals surface area (Å²) >= 11 is 3.47. The molecule has 0 N–H and O–H groups in total. The number of aromatic nitrogens is 1. The van der Waals surface area contributed by atoms with Gasteiger partial charge in [0, 0.05) is 23.3 Å². The fourth-order valence-corrected chi connectivity index (χ4v) is 2.72. The van der Waals surface area contributed by atoms with E-state index < -0.39 is 0 Å². The Hall–Kier alpha value is -1.09. The summed E-state index contributed by atoms with van der Waals surface area (Å²) in [4.78, 5) is 11.6. The number of hydrogen-bond donors (Lipinski definition) is 0. The second kappa shape index (κ2) is 3.81. The standard InChI is InChI=1S/C12H12BrNO/c1-8-11(7-13)10-5-3-4-6-12(10)14(8)9(2)15/h3-6H,7H2,1-2H3. The van der Waals surface area contributed by atoms with Crippen LogP contribution in [0.5, 0.6) is 0 Å². The maximum absolute atomic E-state index is 11.6. The number of hydrogen-bond acceptors (Lipinski definition) is 1. The molecule has 0 fully saturated rings. The van der Waals surface area contributed by atoms with Gasteiger partial charge in [-0.05, 0) is 18.6 Å². The van der Waals surface area contributed by atoms with Crippen molar-refractivity contribution in [2.75, 3.05) is 0 Å². The van der Waals surface area contributed by atoms with Crippen LogP contribution in [0.1, 0.15) is 23.0 Å². The van der Waals surface area contributed by atoms with E-state index >= 15 is 0 Å². The third-order valence-corrected chi connectivity index (χ3v) is 3.25. The molecule has 0 aliphatic rings. The molecule has 2 nitrogen and oxygen atoms in total. The highest BCUT2D eigenvalue weighted by Crippen LogP contribution is 2.27. The number of para-hydroxylation sites is 1. The Bertz CT molecular complexity index is 528. The third-order valence-electron chi connectivity index (χ3n) is 2.69. The lowest BCUT2D eigenvalue weighted by molar-refractivity contribution is 0.0939. The van der Waals surface area contributed by atoms with E-state index in [1.807, 2.05) is 25.1 Å². The lowest BCUT2D eigenvalue weighted by atomic mass is 10.2. The van der Waals surface area contributed by atoms with Gasteiger partial charge in [-0.15, -0.1) is 0 Å². The van der Waals surface area contributed by atoms with Crippen LogP contribution in [0.4, 0.5) is 0 Å². The first-order valence-corrected chi connectivity index (χ1v) is 5.94. The number of nitrogens with zero attached hydrogens (tertiary/aromatic N) is 1. The van der Waals surface area contributed by atoms with Gasteiger partial charge in [0.05, 0.1) is 5.52 Å². The van der Waals surface area contributed by atoms with Crippen molar-refractivity contribution >= 4 is 32.7 Å². The van der Waals surface area contributed by atoms with Crippen LogP contribution in [0.15, 0.2) is 24.3 Å². The van der Waals surface area contributed by atoms with E-state index in [1.165, 1.54) is 5.56 Å². The summed E-state index contributed by atoms with van der Waals surface area (Å²) in [7, 11) is 0. The van der Waals surface area contributed by atoms with Crippen molar-refractivity contribution in [3.8, 4) is 0 Å². The highest BCUT2D eigenvalue weighted by molar-refractivity contribution is 9.08. The van der Waals surface area contributed by atoms with E-state index in [0.29, 0.717) is 0 Å². The van der Waals surface area contributed by atoms with Gasteiger partial charge in [0.1, 0.15) is 0 Å². The number of carbonyl (C=O) groups is 1. The van der Waals surface area contributed by atoms with Crippen molar-refractivity contribution in [3.05, 3.63) is 35.5 Å². The van der Waals surface area contributed by atoms with Crippen molar-refractivity contribution in [3.63, 3.8) is 0 Å². The smallest absolute Gasteiger partial charge is 0.228 e. The van der Waals surface area contributed by atoms with Crippen LogP contribution < -0.4 is 0 Å². The molecule has 1 aromatic heterocycles. The molecule has 0 saturated heterocycles. The van der Waals surface area contributed by atoms with Crippen LogP contribution in [0.2, 0.25) is 0 Å². The van der Waals surface area contributed by atoms with Gasteiger partial charge in [-0.3, -0.25) is 9.36 Å². The molecular formula is C12H12BrNO. The highest BCUT2D eigenvalue weighted by atomic mass is 79.9. The summed E-state index contributed by atoms with van der Waals surface area (Å²) in [6.45, 7) is 3.58. The Kier molecular flexibility index (Phi) is 2.65. The first kappa shape index (κ1) is 10.4. The first-order valence-electron chi connectivity index (χ1n) is 4.82. The van der Waals surface area contributed by atoms with Crippen molar-refractivity contribution in [2.45, 2.75) is 19.2 Å². The summed E-state index contributed by atoms with van der Waals surface area (Å²) in [5, 5.41) is 1.93. The van der Waals surface area contributed by atoms with Crippen molar-refractivity contribution in [2.24, 2.45) is 0 Å².